The van der Waals surface area contributed by atoms with Crippen LogP contribution in [0.1, 0.15) is 25.3 Å². The standard InChI is InChI=1S/C17H20N2O3S/c1-3-4-9-22-13-6-5-12(10-14(13)21-2)11-15-16(20)19-8-7-18-17(19)23-15/h5-6,10-11H,3-4,7-9H2,1-2H3/b15-11-. The largest absolute Gasteiger partial charge is 0.493 e. The summed E-state index contributed by atoms with van der Waals surface area (Å²) in [5.74, 6) is 1.42. The molecule has 0 N–H and O–H groups in total. The number of benzene rings is 1. The van der Waals surface area contributed by atoms with E-state index < -0.39 is 0 Å². The summed E-state index contributed by atoms with van der Waals surface area (Å²) in [4.78, 5) is 17.4. The first kappa shape index (κ1) is 15.8. The minimum Gasteiger partial charge on any atom is -0.493 e. The van der Waals surface area contributed by atoms with Crippen molar-refractivity contribution in [3.63, 3.8) is 0 Å². The summed E-state index contributed by atoms with van der Waals surface area (Å²) in [6, 6.07) is 5.73. The molecule has 122 valence electrons. The first-order chi connectivity index (χ1) is 11.2. The van der Waals surface area contributed by atoms with Gasteiger partial charge in [0.25, 0.3) is 5.56 Å². The fourth-order valence-electron chi connectivity index (χ4n) is 2.44. The number of thiazole rings is 1. The molecule has 0 spiro atoms. The van der Waals surface area contributed by atoms with Crippen LogP contribution in [0, 0.1) is 0 Å². The van der Waals surface area contributed by atoms with Gasteiger partial charge in [-0.3, -0.25) is 14.4 Å². The molecule has 1 aliphatic heterocycles. The summed E-state index contributed by atoms with van der Waals surface area (Å²) in [6.45, 7) is 4.20. The van der Waals surface area contributed by atoms with Gasteiger partial charge in [0.2, 0.25) is 0 Å². The number of hydrogen-bond acceptors (Lipinski definition) is 5. The minimum absolute atomic E-state index is 0.0356. The summed E-state index contributed by atoms with van der Waals surface area (Å²) in [5, 5.41) is 0. The van der Waals surface area contributed by atoms with Gasteiger partial charge < -0.3 is 9.47 Å². The number of ether oxygens (including phenoxy) is 2. The SMILES string of the molecule is CCCCOc1ccc(/C=c2\sc3n(c2=O)CCN=3)cc1OC. The van der Waals surface area contributed by atoms with Crippen LogP contribution in [-0.2, 0) is 6.54 Å². The Balaban J connectivity index is 1.92. The molecule has 0 saturated heterocycles. The average Bonchev–Trinajstić information content (AvgIpc) is 3.13. The van der Waals surface area contributed by atoms with Gasteiger partial charge in [-0.25, -0.2) is 0 Å². The molecule has 23 heavy (non-hydrogen) atoms. The van der Waals surface area contributed by atoms with E-state index in [9.17, 15) is 4.79 Å². The van der Waals surface area contributed by atoms with Crippen LogP contribution in [-0.4, -0.2) is 24.8 Å². The van der Waals surface area contributed by atoms with Crippen LogP contribution >= 0.6 is 11.3 Å². The van der Waals surface area contributed by atoms with Crippen molar-refractivity contribution >= 4 is 17.4 Å². The maximum absolute atomic E-state index is 12.3. The van der Waals surface area contributed by atoms with Gasteiger partial charge in [0, 0.05) is 6.54 Å². The van der Waals surface area contributed by atoms with Crippen molar-refractivity contribution in [2.75, 3.05) is 20.3 Å². The van der Waals surface area contributed by atoms with Gasteiger partial charge in [-0.2, -0.15) is 0 Å². The Labute approximate surface area is 138 Å². The fraction of sp³-hybridized carbons (Fsp3) is 0.412. The molecule has 0 amide bonds. The lowest BCUT2D eigenvalue weighted by atomic mass is 10.2. The third-order valence-electron chi connectivity index (χ3n) is 3.70. The molecule has 0 radical (unpaired) electrons. The fourth-order valence-corrected chi connectivity index (χ4v) is 3.47. The smallest absolute Gasteiger partial charge is 0.270 e. The maximum Gasteiger partial charge on any atom is 0.270 e. The molecular weight excluding hydrogens is 312 g/mol. The van der Waals surface area contributed by atoms with Gasteiger partial charge in [-0.15, -0.1) is 0 Å². The lowest BCUT2D eigenvalue weighted by Crippen LogP contribution is -2.29. The van der Waals surface area contributed by atoms with Gasteiger partial charge in [0.15, 0.2) is 16.3 Å². The highest BCUT2D eigenvalue weighted by Gasteiger charge is 2.10. The number of nitrogens with zero attached hydrogens (tertiary/aromatic N) is 2. The van der Waals surface area contributed by atoms with Crippen LogP contribution in [0.5, 0.6) is 11.5 Å². The van der Waals surface area contributed by atoms with Gasteiger partial charge >= 0.3 is 0 Å². The molecule has 2 aromatic rings. The normalized spacial score (nSPS) is 13.7. The Morgan fingerprint density at radius 2 is 2.26 bits per heavy atom. The topological polar surface area (TPSA) is 52.8 Å². The minimum atomic E-state index is 0.0356. The first-order valence-corrected chi connectivity index (χ1v) is 8.61. The average molecular weight is 332 g/mol. The van der Waals surface area contributed by atoms with Crippen molar-refractivity contribution in [3.8, 4) is 11.5 Å². The van der Waals surface area contributed by atoms with Crippen molar-refractivity contribution in [2.45, 2.75) is 26.3 Å². The van der Waals surface area contributed by atoms with E-state index in [2.05, 4.69) is 11.9 Å². The molecule has 0 fully saturated rings. The summed E-state index contributed by atoms with van der Waals surface area (Å²) in [7, 11) is 1.62. The molecule has 0 bridgehead atoms. The zero-order valence-electron chi connectivity index (χ0n) is 13.4. The maximum atomic E-state index is 12.3. The molecule has 2 heterocycles. The number of methoxy groups -OCH3 is 1. The van der Waals surface area contributed by atoms with Crippen molar-refractivity contribution in [1.82, 2.24) is 4.57 Å². The second kappa shape index (κ2) is 7.00. The summed E-state index contributed by atoms with van der Waals surface area (Å²) >= 11 is 1.43. The quantitative estimate of drug-likeness (QED) is 0.755. The van der Waals surface area contributed by atoms with Crippen molar-refractivity contribution in [2.24, 2.45) is 4.99 Å². The van der Waals surface area contributed by atoms with Crippen LogP contribution in [0.25, 0.3) is 6.08 Å². The van der Waals surface area contributed by atoms with E-state index in [-0.39, 0.29) is 5.56 Å². The van der Waals surface area contributed by atoms with Crippen LogP contribution < -0.4 is 24.4 Å². The molecule has 3 rings (SSSR count). The predicted molar refractivity (Wildman–Crippen MR) is 91.2 cm³/mol. The van der Waals surface area contributed by atoms with Crippen molar-refractivity contribution in [3.05, 3.63) is 43.5 Å². The third kappa shape index (κ3) is 3.32. The monoisotopic (exact) mass is 332 g/mol. The van der Waals surface area contributed by atoms with E-state index in [1.807, 2.05) is 24.3 Å². The Morgan fingerprint density at radius 3 is 3.00 bits per heavy atom. The Bertz CT molecular complexity index is 867. The zero-order valence-corrected chi connectivity index (χ0v) is 14.2. The van der Waals surface area contributed by atoms with E-state index in [1.165, 1.54) is 11.3 Å². The molecule has 0 saturated carbocycles. The van der Waals surface area contributed by atoms with Gasteiger partial charge in [-0.05, 0) is 30.2 Å². The molecule has 1 aromatic heterocycles. The highest BCUT2D eigenvalue weighted by atomic mass is 32.1. The van der Waals surface area contributed by atoms with Crippen molar-refractivity contribution < 1.29 is 9.47 Å². The summed E-state index contributed by atoms with van der Waals surface area (Å²) in [5.41, 5.74) is 0.954. The lowest BCUT2D eigenvalue weighted by molar-refractivity contribution is 0.288. The molecular formula is C17H20N2O3S. The Hall–Kier alpha value is -2.08. The van der Waals surface area contributed by atoms with Gasteiger partial charge in [0.1, 0.15) is 0 Å². The van der Waals surface area contributed by atoms with Crippen LogP contribution in [0.4, 0.5) is 0 Å². The van der Waals surface area contributed by atoms with Gasteiger partial charge in [0.05, 0.1) is 24.8 Å². The zero-order chi connectivity index (χ0) is 16.2. The van der Waals surface area contributed by atoms with Crippen molar-refractivity contribution in [1.29, 1.82) is 0 Å². The number of rotatable bonds is 6. The van der Waals surface area contributed by atoms with E-state index >= 15 is 0 Å². The molecule has 0 unspecified atom stereocenters. The van der Waals surface area contributed by atoms with E-state index in [1.54, 1.807) is 11.7 Å². The second-order valence-electron chi connectivity index (χ2n) is 5.34. The highest BCUT2D eigenvalue weighted by molar-refractivity contribution is 7.07. The third-order valence-corrected chi connectivity index (χ3v) is 4.74. The summed E-state index contributed by atoms with van der Waals surface area (Å²) in [6.07, 6.45) is 3.98. The Morgan fingerprint density at radius 1 is 1.39 bits per heavy atom. The predicted octanol–water partition coefficient (Wildman–Crippen LogP) is 1.56. The molecule has 6 heteroatoms. The van der Waals surface area contributed by atoms with E-state index in [4.69, 9.17) is 9.47 Å². The molecule has 0 aliphatic carbocycles. The number of hydrogen-bond donors (Lipinski definition) is 0. The molecule has 1 aliphatic rings. The second-order valence-corrected chi connectivity index (χ2v) is 6.35. The first-order valence-electron chi connectivity index (χ1n) is 7.79. The van der Waals surface area contributed by atoms with E-state index in [0.29, 0.717) is 30.0 Å². The number of unbranched alkanes of at least 4 members (excludes halogenated alkanes) is 1. The van der Waals surface area contributed by atoms with Gasteiger partial charge in [-0.1, -0.05) is 30.7 Å². The van der Waals surface area contributed by atoms with Crippen LogP contribution in [0.2, 0.25) is 0 Å². The Kier molecular flexibility index (Phi) is 4.81. The van der Waals surface area contributed by atoms with Crippen LogP contribution in [0.15, 0.2) is 28.0 Å². The lowest BCUT2D eigenvalue weighted by Gasteiger charge is -2.10. The molecule has 5 nitrogen and oxygen atoms in total. The molecule has 1 aromatic carbocycles. The highest BCUT2D eigenvalue weighted by Crippen LogP contribution is 2.28. The van der Waals surface area contributed by atoms with Crippen LogP contribution in [0.3, 0.4) is 0 Å². The number of aromatic nitrogens is 1. The summed E-state index contributed by atoms with van der Waals surface area (Å²) < 4.78 is 13.6. The van der Waals surface area contributed by atoms with E-state index in [0.717, 1.165) is 29.0 Å². The molecule has 0 atom stereocenters. The number of fused-ring (bicyclic) bond motifs is 1.